The standard InChI is InChI=1S/C7H15NO/c1-3-4-7(6-9)5-8-2/h5,8-9H,3-4,6H2,1-2H3/b7-5+. The molecule has 54 valence electrons. The van der Waals surface area contributed by atoms with E-state index in [9.17, 15) is 0 Å². The molecule has 2 N–H and O–H groups in total. The van der Waals surface area contributed by atoms with E-state index < -0.39 is 0 Å². The quantitative estimate of drug-likeness (QED) is 0.590. The molecule has 0 aromatic rings. The minimum Gasteiger partial charge on any atom is -0.394 e. The first-order chi connectivity index (χ1) is 4.35. The molecule has 0 aliphatic rings. The molecule has 0 spiro atoms. The third-order valence-electron chi connectivity index (χ3n) is 1.12. The van der Waals surface area contributed by atoms with Crippen LogP contribution in [-0.2, 0) is 0 Å². The molecule has 9 heavy (non-hydrogen) atoms. The van der Waals surface area contributed by atoms with Crippen LogP contribution in [0, 0.1) is 0 Å². The normalized spacial score (nSPS) is 11.7. The lowest BCUT2D eigenvalue weighted by atomic mass is 10.2. The van der Waals surface area contributed by atoms with Crippen LogP contribution >= 0.6 is 0 Å². The van der Waals surface area contributed by atoms with Crippen LogP contribution in [0.3, 0.4) is 0 Å². The number of rotatable bonds is 4. The number of nitrogens with one attached hydrogen (secondary N) is 1. The van der Waals surface area contributed by atoms with Gasteiger partial charge >= 0.3 is 0 Å². The molecule has 0 aromatic heterocycles. The summed E-state index contributed by atoms with van der Waals surface area (Å²) in [5.41, 5.74) is 1.07. The summed E-state index contributed by atoms with van der Waals surface area (Å²) in [6.45, 7) is 2.27. The molecule has 0 bridgehead atoms. The van der Waals surface area contributed by atoms with E-state index >= 15 is 0 Å². The average molecular weight is 129 g/mol. The minimum atomic E-state index is 0.175. The molecular weight excluding hydrogens is 114 g/mol. The predicted octanol–water partition coefficient (Wildman–Crippen LogP) is 0.882. The van der Waals surface area contributed by atoms with Gasteiger partial charge in [0, 0.05) is 7.05 Å². The smallest absolute Gasteiger partial charge is 0.0658 e. The van der Waals surface area contributed by atoms with Crippen molar-refractivity contribution in [1.82, 2.24) is 5.32 Å². The molecule has 0 saturated heterocycles. The molecule has 0 unspecified atom stereocenters. The van der Waals surface area contributed by atoms with Gasteiger partial charge in [-0.2, -0.15) is 0 Å². The van der Waals surface area contributed by atoms with E-state index in [2.05, 4.69) is 12.2 Å². The Morgan fingerprint density at radius 3 is 2.67 bits per heavy atom. The van der Waals surface area contributed by atoms with E-state index in [0.717, 1.165) is 18.4 Å². The Bertz CT molecular complexity index is 88.9. The summed E-state index contributed by atoms with van der Waals surface area (Å²) in [7, 11) is 1.84. The second kappa shape index (κ2) is 5.63. The minimum absolute atomic E-state index is 0.175. The molecule has 0 saturated carbocycles. The van der Waals surface area contributed by atoms with Crippen molar-refractivity contribution in [3.05, 3.63) is 11.8 Å². The zero-order valence-corrected chi connectivity index (χ0v) is 6.15. The van der Waals surface area contributed by atoms with Gasteiger partial charge in [0.05, 0.1) is 6.61 Å². The van der Waals surface area contributed by atoms with Crippen molar-refractivity contribution >= 4 is 0 Å². The van der Waals surface area contributed by atoms with E-state index in [4.69, 9.17) is 5.11 Å². The summed E-state index contributed by atoms with van der Waals surface area (Å²) in [6, 6.07) is 0. The topological polar surface area (TPSA) is 32.3 Å². The summed E-state index contributed by atoms with van der Waals surface area (Å²) in [4.78, 5) is 0. The van der Waals surface area contributed by atoms with Crippen molar-refractivity contribution in [2.45, 2.75) is 19.8 Å². The van der Waals surface area contributed by atoms with Crippen LogP contribution in [0.15, 0.2) is 11.8 Å². The van der Waals surface area contributed by atoms with Gasteiger partial charge in [0.15, 0.2) is 0 Å². The highest BCUT2D eigenvalue weighted by atomic mass is 16.3. The van der Waals surface area contributed by atoms with Gasteiger partial charge in [0.25, 0.3) is 0 Å². The third kappa shape index (κ3) is 4.03. The van der Waals surface area contributed by atoms with E-state index in [1.807, 2.05) is 13.2 Å². The lowest BCUT2D eigenvalue weighted by Crippen LogP contribution is -1.99. The van der Waals surface area contributed by atoms with Crippen molar-refractivity contribution in [1.29, 1.82) is 0 Å². The second-order valence-corrected chi connectivity index (χ2v) is 2.00. The van der Waals surface area contributed by atoms with E-state index in [1.54, 1.807) is 0 Å². The fourth-order valence-corrected chi connectivity index (χ4v) is 0.722. The maximum Gasteiger partial charge on any atom is 0.0658 e. The third-order valence-corrected chi connectivity index (χ3v) is 1.12. The van der Waals surface area contributed by atoms with Crippen molar-refractivity contribution in [3.8, 4) is 0 Å². The van der Waals surface area contributed by atoms with Gasteiger partial charge in [0.1, 0.15) is 0 Å². The van der Waals surface area contributed by atoms with Crippen molar-refractivity contribution in [2.75, 3.05) is 13.7 Å². The van der Waals surface area contributed by atoms with Gasteiger partial charge in [-0.3, -0.25) is 0 Å². The first-order valence-corrected chi connectivity index (χ1v) is 3.31. The Hall–Kier alpha value is -0.500. The molecular formula is C7H15NO. The molecule has 0 radical (unpaired) electrons. The number of aliphatic hydroxyl groups excluding tert-OH is 1. The van der Waals surface area contributed by atoms with Crippen LogP contribution in [0.1, 0.15) is 19.8 Å². The predicted molar refractivity (Wildman–Crippen MR) is 39.1 cm³/mol. The Labute approximate surface area is 56.6 Å². The number of hydrogen-bond acceptors (Lipinski definition) is 2. The molecule has 0 aliphatic carbocycles. The van der Waals surface area contributed by atoms with Crippen LogP contribution in [0.5, 0.6) is 0 Å². The monoisotopic (exact) mass is 129 g/mol. The maximum atomic E-state index is 8.68. The first kappa shape index (κ1) is 8.50. The van der Waals surface area contributed by atoms with Gasteiger partial charge < -0.3 is 10.4 Å². The molecule has 2 nitrogen and oxygen atoms in total. The zero-order chi connectivity index (χ0) is 7.11. The van der Waals surface area contributed by atoms with Gasteiger partial charge in [-0.15, -0.1) is 0 Å². The SMILES string of the molecule is CCC/C(=C\NC)CO. The molecule has 0 amide bonds. The van der Waals surface area contributed by atoms with E-state index in [-0.39, 0.29) is 6.61 Å². The summed E-state index contributed by atoms with van der Waals surface area (Å²) >= 11 is 0. The van der Waals surface area contributed by atoms with Gasteiger partial charge in [0.2, 0.25) is 0 Å². The fourth-order valence-electron chi connectivity index (χ4n) is 0.722. The molecule has 0 atom stereocenters. The molecule has 0 fully saturated rings. The Balaban J connectivity index is 3.53. The van der Waals surface area contributed by atoms with E-state index in [0.29, 0.717) is 0 Å². The summed E-state index contributed by atoms with van der Waals surface area (Å²) in [5, 5.41) is 11.6. The Morgan fingerprint density at radius 1 is 1.67 bits per heavy atom. The molecule has 0 aromatic carbocycles. The van der Waals surface area contributed by atoms with Crippen LogP contribution in [0.4, 0.5) is 0 Å². The van der Waals surface area contributed by atoms with Gasteiger partial charge in [-0.25, -0.2) is 0 Å². The van der Waals surface area contributed by atoms with Crippen LogP contribution < -0.4 is 5.32 Å². The lowest BCUT2D eigenvalue weighted by molar-refractivity contribution is 0.325. The Morgan fingerprint density at radius 2 is 2.33 bits per heavy atom. The van der Waals surface area contributed by atoms with Crippen molar-refractivity contribution < 1.29 is 5.11 Å². The number of hydrogen-bond donors (Lipinski definition) is 2. The maximum absolute atomic E-state index is 8.68. The van der Waals surface area contributed by atoms with Crippen LogP contribution in [0.25, 0.3) is 0 Å². The summed E-state index contributed by atoms with van der Waals surface area (Å²) in [6.07, 6.45) is 3.93. The lowest BCUT2D eigenvalue weighted by Gasteiger charge is -1.99. The highest BCUT2D eigenvalue weighted by molar-refractivity contribution is 4.99. The van der Waals surface area contributed by atoms with Gasteiger partial charge in [-0.1, -0.05) is 13.3 Å². The van der Waals surface area contributed by atoms with Gasteiger partial charge in [-0.05, 0) is 18.2 Å². The summed E-state index contributed by atoms with van der Waals surface area (Å²) < 4.78 is 0. The highest BCUT2D eigenvalue weighted by Crippen LogP contribution is 2.00. The molecule has 0 aliphatic heterocycles. The molecule has 2 heteroatoms. The fraction of sp³-hybridized carbons (Fsp3) is 0.714. The highest BCUT2D eigenvalue weighted by Gasteiger charge is 1.89. The van der Waals surface area contributed by atoms with Crippen LogP contribution in [0.2, 0.25) is 0 Å². The average Bonchev–Trinajstić information content (AvgIpc) is 1.88. The van der Waals surface area contributed by atoms with Crippen molar-refractivity contribution in [3.63, 3.8) is 0 Å². The largest absolute Gasteiger partial charge is 0.394 e. The Kier molecular flexibility index (Phi) is 5.32. The second-order valence-electron chi connectivity index (χ2n) is 2.00. The summed E-state index contributed by atoms with van der Waals surface area (Å²) in [5.74, 6) is 0. The molecule has 0 heterocycles. The zero-order valence-electron chi connectivity index (χ0n) is 6.15. The number of aliphatic hydroxyl groups is 1. The first-order valence-electron chi connectivity index (χ1n) is 3.31. The van der Waals surface area contributed by atoms with E-state index in [1.165, 1.54) is 0 Å². The molecule has 0 rings (SSSR count). The van der Waals surface area contributed by atoms with Crippen molar-refractivity contribution in [2.24, 2.45) is 0 Å². The van der Waals surface area contributed by atoms with Crippen LogP contribution in [-0.4, -0.2) is 18.8 Å².